The van der Waals surface area contributed by atoms with Crippen molar-refractivity contribution in [3.63, 3.8) is 0 Å². The normalized spacial score (nSPS) is 23.3. The van der Waals surface area contributed by atoms with Crippen molar-refractivity contribution in [1.29, 1.82) is 0 Å². The third-order valence-corrected chi connectivity index (χ3v) is 6.90. The summed E-state index contributed by atoms with van der Waals surface area (Å²) in [7, 11) is -2.48. The number of rotatable bonds is 3. The van der Waals surface area contributed by atoms with Crippen LogP contribution in [0.15, 0.2) is 34.2 Å². The predicted molar refractivity (Wildman–Crippen MR) is 95.8 cm³/mol. The number of nitrogens with zero attached hydrogens (tertiary/aromatic N) is 2. The Kier molecular flexibility index (Phi) is 5.21. The lowest BCUT2D eigenvalue weighted by Gasteiger charge is -2.35. The van der Waals surface area contributed by atoms with Crippen LogP contribution in [-0.2, 0) is 15.0 Å². The number of hydrogen-bond donors (Lipinski definition) is 2. The fourth-order valence-electron chi connectivity index (χ4n) is 2.48. The zero-order chi connectivity index (χ0) is 18.2. The molecule has 2 N–H and O–H groups in total. The van der Waals surface area contributed by atoms with Gasteiger partial charge in [-0.3, -0.25) is 4.79 Å². The molecule has 1 aliphatic rings. The van der Waals surface area contributed by atoms with E-state index in [-0.39, 0.29) is 10.9 Å². The summed E-state index contributed by atoms with van der Waals surface area (Å²) in [5.41, 5.74) is 0.369. The van der Waals surface area contributed by atoms with Gasteiger partial charge in [-0.1, -0.05) is 0 Å². The minimum Gasteiger partial charge on any atom is -0.325 e. The molecule has 1 fully saturated rings. The maximum Gasteiger partial charge on any atom is 0.280 e. The number of halogens is 2. The van der Waals surface area contributed by atoms with Gasteiger partial charge in [-0.25, -0.2) is 9.37 Å². The highest BCUT2D eigenvalue weighted by Gasteiger charge is 2.41. The van der Waals surface area contributed by atoms with Crippen molar-refractivity contribution in [3.8, 4) is 0 Å². The van der Waals surface area contributed by atoms with Crippen LogP contribution in [0, 0.1) is 5.82 Å². The average molecular weight is 449 g/mol. The molecule has 0 radical (unpaired) electrons. The average Bonchev–Trinajstić information content (AvgIpc) is 3.07. The van der Waals surface area contributed by atoms with E-state index in [1.807, 2.05) is 0 Å². The molecule has 0 bridgehead atoms. The number of aromatic nitrogens is 1. The zero-order valence-corrected chi connectivity index (χ0v) is 16.2. The van der Waals surface area contributed by atoms with Gasteiger partial charge in [0.25, 0.3) is 10.2 Å². The van der Waals surface area contributed by atoms with Crippen LogP contribution >= 0.6 is 27.3 Å². The molecule has 0 aliphatic carbocycles. The van der Waals surface area contributed by atoms with Crippen molar-refractivity contribution >= 4 is 49.1 Å². The van der Waals surface area contributed by atoms with Crippen LogP contribution in [0.25, 0.3) is 0 Å². The summed E-state index contributed by atoms with van der Waals surface area (Å²) < 4.78 is 41.6. The van der Waals surface area contributed by atoms with E-state index < -0.39 is 34.0 Å². The van der Waals surface area contributed by atoms with E-state index in [1.54, 1.807) is 11.6 Å². The highest BCUT2D eigenvalue weighted by atomic mass is 79.9. The summed E-state index contributed by atoms with van der Waals surface area (Å²) in [5.74, 6) is -0.948. The summed E-state index contributed by atoms with van der Waals surface area (Å²) in [4.78, 5) is 16.7. The molecule has 7 nitrogen and oxygen atoms in total. The molecule has 134 valence electrons. The summed E-state index contributed by atoms with van der Waals surface area (Å²) in [6.45, 7) is 0. The Balaban J connectivity index is 1.83. The third kappa shape index (κ3) is 3.90. The van der Waals surface area contributed by atoms with Gasteiger partial charge in [0.15, 0.2) is 0 Å². The Hall–Kier alpha value is -1.40. The molecule has 0 saturated carbocycles. The Labute approximate surface area is 156 Å². The number of nitrogens with one attached hydrogen (secondary N) is 2. The molecule has 0 unspecified atom stereocenters. The molecule has 1 saturated heterocycles. The molecule has 0 spiro atoms. The van der Waals surface area contributed by atoms with E-state index in [9.17, 15) is 17.6 Å². The van der Waals surface area contributed by atoms with Gasteiger partial charge in [-0.05, 0) is 40.5 Å². The Bertz CT molecular complexity index is 891. The molecule has 2 atom stereocenters. The van der Waals surface area contributed by atoms with Crippen LogP contribution in [0.2, 0.25) is 0 Å². The van der Waals surface area contributed by atoms with Gasteiger partial charge in [-0.15, -0.1) is 11.3 Å². The molecule has 1 aromatic heterocycles. The van der Waals surface area contributed by atoms with Crippen LogP contribution in [0.5, 0.6) is 0 Å². The fourth-order valence-corrected chi connectivity index (χ4v) is 4.89. The number of hydrogen-bond acceptors (Lipinski definition) is 5. The van der Waals surface area contributed by atoms with Crippen LogP contribution in [0.3, 0.4) is 0 Å². The lowest BCUT2D eigenvalue weighted by Crippen LogP contribution is -2.55. The minimum atomic E-state index is -3.82. The summed E-state index contributed by atoms with van der Waals surface area (Å²) in [6.07, 6.45) is 1.81. The van der Waals surface area contributed by atoms with Gasteiger partial charge in [0.2, 0.25) is 5.91 Å². The molecule has 2 heterocycles. The number of carbonyl (C=O) groups excluding carboxylic acids is 1. The first-order valence-electron chi connectivity index (χ1n) is 7.18. The second-order valence-electron chi connectivity index (χ2n) is 5.43. The molecule has 3 rings (SSSR count). The van der Waals surface area contributed by atoms with Gasteiger partial charge >= 0.3 is 0 Å². The van der Waals surface area contributed by atoms with Crippen LogP contribution in [0.4, 0.5) is 10.1 Å². The van der Waals surface area contributed by atoms with Gasteiger partial charge < -0.3 is 5.32 Å². The smallest absolute Gasteiger partial charge is 0.280 e. The van der Waals surface area contributed by atoms with Crippen LogP contribution in [-0.4, -0.2) is 36.7 Å². The van der Waals surface area contributed by atoms with Crippen LogP contribution < -0.4 is 10.0 Å². The fraction of sp³-hybridized carbons (Fsp3) is 0.286. The maximum atomic E-state index is 13.3. The summed E-state index contributed by atoms with van der Waals surface area (Å²) >= 11 is 4.36. The Morgan fingerprint density at radius 1 is 1.52 bits per heavy atom. The van der Waals surface area contributed by atoms with Crippen molar-refractivity contribution in [3.05, 3.63) is 45.1 Å². The largest absolute Gasteiger partial charge is 0.325 e. The number of thiazole rings is 1. The lowest BCUT2D eigenvalue weighted by atomic mass is 10.1. The van der Waals surface area contributed by atoms with Gasteiger partial charge in [0.05, 0.1) is 10.5 Å². The highest BCUT2D eigenvalue weighted by Crippen LogP contribution is 2.29. The first kappa shape index (κ1) is 18.4. The molecular weight excluding hydrogens is 435 g/mol. The maximum absolute atomic E-state index is 13.3. The van der Waals surface area contributed by atoms with Crippen LogP contribution in [0.1, 0.15) is 17.5 Å². The molecule has 1 amide bonds. The van der Waals surface area contributed by atoms with E-state index in [0.717, 1.165) is 4.31 Å². The number of anilines is 1. The molecule has 1 aliphatic heterocycles. The zero-order valence-electron chi connectivity index (χ0n) is 12.9. The van der Waals surface area contributed by atoms with Crippen molar-refractivity contribution in [1.82, 2.24) is 14.0 Å². The number of likely N-dealkylation sites (N-methyl/N-ethyl adjacent to an activating group) is 1. The van der Waals surface area contributed by atoms with Gasteiger partial charge in [0.1, 0.15) is 16.9 Å². The van der Waals surface area contributed by atoms with E-state index >= 15 is 0 Å². The molecular formula is C14H14BrFN4O3S2. The number of amides is 1. The van der Waals surface area contributed by atoms with E-state index in [0.29, 0.717) is 10.7 Å². The second-order valence-corrected chi connectivity index (χ2v) is 8.97. The summed E-state index contributed by atoms with van der Waals surface area (Å²) in [5, 5.41) is 4.97. The SMILES string of the molecule is CN1[C@H](C(=O)Nc2ccc(F)c(Br)c2)C[C@H](c2nccs2)NS1(=O)=O. The third-order valence-electron chi connectivity index (χ3n) is 3.81. The van der Waals surface area contributed by atoms with Crippen molar-refractivity contribution in [2.45, 2.75) is 18.5 Å². The highest BCUT2D eigenvalue weighted by molar-refractivity contribution is 9.10. The van der Waals surface area contributed by atoms with Gasteiger partial charge in [-0.2, -0.15) is 17.4 Å². The van der Waals surface area contributed by atoms with E-state index in [4.69, 9.17) is 0 Å². The standard InChI is InChI=1S/C14H14BrFN4O3S2/c1-20-12(13(21)18-8-2-3-10(16)9(15)6-8)7-11(19-25(20,22)23)14-17-4-5-24-14/h2-6,11-12,19H,7H2,1H3,(H,18,21)/t11-,12+/m1/s1. The van der Waals surface area contributed by atoms with Crippen molar-refractivity contribution < 1.29 is 17.6 Å². The van der Waals surface area contributed by atoms with Gasteiger partial charge in [0, 0.05) is 24.3 Å². The Morgan fingerprint density at radius 2 is 2.28 bits per heavy atom. The lowest BCUT2D eigenvalue weighted by molar-refractivity contribution is -0.120. The number of carbonyl (C=O) groups is 1. The minimum absolute atomic E-state index is 0.206. The molecule has 25 heavy (non-hydrogen) atoms. The molecule has 2 aromatic rings. The predicted octanol–water partition coefficient (Wildman–Crippen LogP) is 2.26. The molecule has 1 aromatic carbocycles. The van der Waals surface area contributed by atoms with E-state index in [2.05, 4.69) is 31.0 Å². The first-order valence-corrected chi connectivity index (χ1v) is 10.3. The monoisotopic (exact) mass is 448 g/mol. The Morgan fingerprint density at radius 3 is 2.92 bits per heavy atom. The molecule has 11 heteroatoms. The summed E-state index contributed by atoms with van der Waals surface area (Å²) in [6, 6.07) is 2.55. The van der Waals surface area contributed by atoms with Crippen molar-refractivity contribution in [2.75, 3.05) is 12.4 Å². The quantitative estimate of drug-likeness (QED) is 0.752. The first-order chi connectivity index (χ1) is 11.8. The topological polar surface area (TPSA) is 91.4 Å². The second kappa shape index (κ2) is 7.08. The number of benzene rings is 1. The van der Waals surface area contributed by atoms with Crippen molar-refractivity contribution in [2.24, 2.45) is 0 Å². The van der Waals surface area contributed by atoms with E-state index in [1.165, 1.54) is 36.6 Å².